The van der Waals surface area contributed by atoms with Gasteiger partial charge in [0.15, 0.2) is 0 Å². The molecule has 0 saturated carbocycles. The minimum Gasteiger partial charge on any atom is -0.497 e. The first-order valence-electron chi connectivity index (χ1n) is 5.89. The van der Waals surface area contributed by atoms with Crippen molar-refractivity contribution in [1.29, 1.82) is 0 Å². The standard InChI is InChI=1S/C14H15NO3/c1-3-4-13-12(14(16)18-15-13)9-10-5-7-11(17-2)8-6-10/h5-9H,3-4H2,1-2H3. The fourth-order valence-corrected chi connectivity index (χ4v) is 1.74. The summed E-state index contributed by atoms with van der Waals surface area (Å²) in [7, 11) is 1.62. The van der Waals surface area contributed by atoms with Gasteiger partial charge in [-0.1, -0.05) is 30.6 Å². The molecule has 0 bridgehead atoms. The van der Waals surface area contributed by atoms with Crippen LogP contribution in [0.2, 0.25) is 0 Å². The van der Waals surface area contributed by atoms with E-state index in [1.165, 1.54) is 0 Å². The van der Waals surface area contributed by atoms with E-state index in [0.717, 1.165) is 29.9 Å². The SMILES string of the molecule is CCCC1=NOC(=O)C1=Cc1ccc(OC)cc1. The number of methoxy groups -OCH3 is 1. The van der Waals surface area contributed by atoms with Crippen LogP contribution in [0.5, 0.6) is 5.75 Å². The fourth-order valence-electron chi connectivity index (χ4n) is 1.74. The highest BCUT2D eigenvalue weighted by Gasteiger charge is 2.24. The summed E-state index contributed by atoms with van der Waals surface area (Å²) in [4.78, 5) is 16.3. The van der Waals surface area contributed by atoms with Crippen LogP contribution < -0.4 is 4.74 Å². The Bertz CT molecular complexity index is 500. The number of benzene rings is 1. The van der Waals surface area contributed by atoms with Gasteiger partial charge in [-0.25, -0.2) is 4.79 Å². The van der Waals surface area contributed by atoms with Crippen LogP contribution in [-0.2, 0) is 9.63 Å². The molecular formula is C14H15NO3. The van der Waals surface area contributed by atoms with Crippen LogP contribution in [0.25, 0.3) is 6.08 Å². The number of carbonyl (C=O) groups is 1. The van der Waals surface area contributed by atoms with E-state index >= 15 is 0 Å². The Balaban J connectivity index is 2.24. The first kappa shape index (κ1) is 12.4. The second kappa shape index (κ2) is 5.49. The Morgan fingerprint density at radius 3 is 2.67 bits per heavy atom. The van der Waals surface area contributed by atoms with Crippen LogP contribution in [0.15, 0.2) is 35.0 Å². The second-order valence-electron chi connectivity index (χ2n) is 4.00. The topological polar surface area (TPSA) is 47.9 Å². The smallest absolute Gasteiger partial charge is 0.367 e. The van der Waals surface area contributed by atoms with Gasteiger partial charge >= 0.3 is 5.97 Å². The van der Waals surface area contributed by atoms with E-state index in [1.54, 1.807) is 13.2 Å². The molecule has 0 saturated heterocycles. The van der Waals surface area contributed by atoms with E-state index in [9.17, 15) is 4.79 Å². The Morgan fingerprint density at radius 1 is 1.33 bits per heavy atom. The lowest BCUT2D eigenvalue weighted by atomic mass is 10.0. The molecule has 0 radical (unpaired) electrons. The molecule has 0 N–H and O–H groups in total. The summed E-state index contributed by atoms with van der Waals surface area (Å²) >= 11 is 0. The molecule has 0 aliphatic carbocycles. The third-order valence-electron chi connectivity index (χ3n) is 2.68. The number of ether oxygens (including phenoxy) is 1. The van der Waals surface area contributed by atoms with Gasteiger partial charge in [-0.3, -0.25) is 0 Å². The quantitative estimate of drug-likeness (QED) is 0.605. The molecule has 1 heterocycles. The van der Waals surface area contributed by atoms with E-state index in [-0.39, 0.29) is 5.97 Å². The number of carbonyl (C=O) groups excluding carboxylic acids is 1. The number of hydrogen-bond donors (Lipinski definition) is 0. The van der Waals surface area contributed by atoms with Gasteiger partial charge in [0.2, 0.25) is 0 Å². The molecule has 0 unspecified atom stereocenters. The van der Waals surface area contributed by atoms with Gasteiger partial charge in [0.05, 0.1) is 18.4 Å². The summed E-state index contributed by atoms with van der Waals surface area (Å²) in [6, 6.07) is 7.48. The highest BCUT2D eigenvalue weighted by atomic mass is 16.7. The molecule has 2 rings (SSSR count). The van der Waals surface area contributed by atoms with Gasteiger partial charge in [0, 0.05) is 0 Å². The number of hydrogen-bond acceptors (Lipinski definition) is 4. The van der Waals surface area contributed by atoms with Crippen LogP contribution in [0.3, 0.4) is 0 Å². The van der Waals surface area contributed by atoms with Crippen molar-refractivity contribution in [1.82, 2.24) is 0 Å². The number of oxime groups is 1. The molecule has 0 aromatic heterocycles. The van der Waals surface area contributed by atoms with Crippen molar-refractivity contribution >= 4 is 17.8 Å². The molecule has 1 aliphatic rings. The summed E-state index contributed by atoms with van der Waals surface area (Å²) in [5.41, 5.74) is 2.19. The maximum absolute atomic E-state index is 11.6. The Labute approximate surface area is 106 Å². The predicted octanol–water partition coefficient (Wildman–Crippen LogP) is 2.79. The van der Waals surface area contributed by atoms with Gasteiger partial charge in [-0.05, 0) is 30.2 Å². The average molecular weight is 245 g/mol. The first-order valence-corrected chi connectivity index (χ1v) is 5.89. The monoisotopic (exact) mass is 245 g/mol. The molecular weight excluding hydrogens is 230 g/mol. The third kappa shape index (κ3) is 2.59. The number of rotatable bonds is 4. The third-order valence-corrected chi connectivity index (χ3v) is 2.68. The lowest BCUT2D eigenvalue weighted by Crippen LogP contribution is -2.04. The highest BCUT2D eigenvalue weighted by molar-refractivity contribution is 6.25. The lowest BCUT2D eigenvalue weighted by Gasteiger charge is -2.01. The zero-order chi connectivity index (χ0) is 13.0. The van der Waals surface area contributed by atoms with E-state index in [4.69, 9.17) is 9.57 Å². The normalized spacial score (nSPS) is 16.7. The van der Waals surface area contributed by atoms with Gasteiger partial charge in [-0.15, -0.1) is 0 Å². The van der Waals surface area contributed by atoms with E-state index in [0.29, 0.717) is 5.57 Å². The van der Waals surface area contributed by atoms with E-state index in [2.05, 4.69) is 5.16 Å². The largest absolute Gasteiger partial charge is 0.497 e. The zero-order valence-corrected chi connectivity index (χ0v) is 10.5. The zero-order valence-electron chi connectivity index (χ0n) is 10.5. The molecule has 1 aromatic rings. The van der Waals surface area contributed by atoms with Crippen molar-refractivity contribution in [2.45, 2.75) is 19.8 Å². The van der Waals surface area contributed by atoms with Crippen molar-refractivity contribution < 1.29 is 14.4 Å². The van der Waals surface area contributed by atoms with Crippen molar-refractivity contribution in [2.75, 3.05) is 7.11 Å². The van der Waals surface area contributed by atoms with Gasteiger partial charge in [-0.2, -0.15) is 0 Å². The van der Waals surface area contributed by atoms with Crippen LogP contribution >= 0.6 is 0 Å². The molecule has 4 nitrogen and oxygen atoms in total. The molecule has 94 valence electrons. The Hall–Kier alpha value is -2.10. The summed E-state index contributed by atoms with van der Waals surface area (Å²) in [6.07, 6.45) is 3.46. The molecule has 0 spiro atoms. The molecule has 1 aliphatic heterocycles. The molecule has 1 aromatic carbocycles. The number of nitrogens with zero attached hydrogens (tertiary/aromatic N) is 1. The molecule has 0 atom stereocenters. The van der Waals surface area contributed by atoms with Crippen molar-refractivity contribution in [3.05, 3.63) is 35.4 Å². The maximum Gasteiger partial charge on any atom is 0.367 e. The average Bonchev–Trinajstić information content (AvgIpc) is 2.73. The van der Waals surface area contributed by atoms with E-state index in [1.807, 2.05) is 31.2 Å². The fraction of sp³-hybridized carbons (Fsp3) is 0.286. The summed E-state index contributed by atoms with van der Waals surface area (Å²) < 4.78 is 5.08. The van der Waals surface area contributed by atoms with Crippen LogP contribution in [0.4, 0.5) is 0 Å². The summed E-state index contributed by atoms with van der Waals surface area (Å²) in [6.45, 7) is 2.04. The van der Waals surface area contributed by atoms with E-state index < -0.39 is 0 Å². The minimum absolute atomic E-state index is 0.380. The van der Waals surface area contributed by atoms with Crippen LogP contribution in [0, 0.1) is 0 Å². The highest BCUT2D eigenvalue weighted by Crippen LogP contribution is 2.20. The molecule has 0 amide bonds. The van der Waals surface area contributed by atoms with Gasteiger partial charge in [0.25, 0.3) is 0 Å². The van der Waals surface area contributed by atoms with Crippen molar-refractivity contribution in [2.24, 2.45) is 5.16 Å². The summed E-state index contributed by atoms with van der Waals surface area (Å²) in [5.74, 6) is 0.405. The van der Waals surface area contributed by atoms with Gasteiger partial charge in [0.1, 0.15) is 5.75 Å². The lowest BCUT2D eigenvalue weighted by molar-refractivity contribution is -0.136. The molecule has 18 heavy (non-hydrogen) atoms. The first-order chi connectivity index (χ1) is 8.74. The maximum atomic E-state index is 11.6. The Morgan fingerprint density at radius 2 is 2.06 bits per heavy atom. The predicted molar refractivity (Wildman–Crippen MR) is 69.4 cm³/mol. The van der Waals surface area contributed by atoms with Crippen LogP contribution in [0.1, 0.15) is 25.3 Å². The Kier molecular flexibility index (Phi) is 3.77. The summed E-state index contributed by atoms with van der Waals surface area (Å²) in [5, 5.41) is 3.79. The van der Waals surface area contributed by atoms with Crippen molar-refractivity contribution in [3.8, 4) is 5.75 Å². The van der Waals surface area contributed by atoms with Gasteiger partial charge < -0.3 is 9.57 Å². The second-order valence-corrected chi connectivity index (χ2v) is 4.00. The molecule has 4 heteroatoms. The minimum atomic E-state index is -0.380. The van der Waals surface area contributed by atoms with Crippen LogP contribution in [-0.4, -0.2) is 18.8 Å². The van der Waals surface area contributed by atoms with Crippen molar-refractivity contribution in [3.63, 3.8) is 0 Å². The molecule has 0 fully saturated rings.